The highest BCUT2D eigenvalue weighted by molar-refractivity contribution is 5.81. The average Bonchev–Trinajstić information content (AvgIpc) is 2.89. The second kappa shape index (κ2) is 6.06. The van der Waals surface area contributed by atoms with Crippen molar-refractivity contribution in [2.24, 2.45) is 5.92 Å². The van der Waals surface area contributed by atoms with E-state index in [9.17, 15) is 4.79 Å². The van der Waals surface area contributed by atoms with Crippen LogP contribution < -0.4 is 4.74 Å². The first-order valence-electron chi connectivity index (χ1n) is 6.73. The minimum atomic E-state index is -0.486. The number of aryl methyl sites for hydroxylation is 1. The van der Waals surface area contributed by atoms with Gasteiger partial charge in [-0.05, 0) is 32.4 Å². The molecule has 2 atom stereocenters. The Balaban J connectivity index is 1.91. The van der Waals surface area contributed by atoms with Crippen molar-refractivity contribution in [3.8, 4) is 5.75 Å². The maximum absolute atomic E-state index is 12.2. The lowest BCUT2D eigenvalue weighted by molar-refractivity contribution is -0.137. The maximum atomic E-state index is 12.2. The predicted molar refractivity (Wildman–Crippen MR) is 73.0 cm³/mol. The fraction of sp³-hybridized carbons (Fsp3) is 0.533. The average molecular weight is 263 g/mol. The number of aliphatic hydroxyl groups is 1. The predicted octanol–water partition coefficient (Wildman–Crippen LogP) is 1.60. The molecule has 4 nitrogen and oxygen atoms in total. The van der Waals surface area contributed by atoms with E-state index in [1.54, 1.807) is 11.8 Å². The number of hydrogen-bond donors (Lipinski definition) is 1. The first-order chi connectivity index (χ1) is 9.10. The van der Waals surface area contributed by atoms with Gasteiger partial charge in [-0.1, -0.05) is 17.7 Å². The minimum absolute atomic E-state index is 0.00322. The molecule has 1 amide bonds. The number of aliphatic hydroxyl groups excluding tert-OH is 1. The van der Waals surface area contributed by atoms with Crippen molar-refractivity contribution < 1.29 is 14.6 Å². The van der Waals surface area contributed by atoms with Gasteiger partial charge in [0, 0.05) is 25.6 Å². The van der Waals surface area contributed by atoms with Crippen LogP contribution in [0.2, 0.25) is 0 Å². The van der Waals surface area contributed by atoms with Crippen molar-refractivity contribution in [2.45, 2.75) is 26.4 Å². The number of amides is 1. The minimum Gasteiger partial charge on any atom is -0.481 e. The molecule has 1 aromatic carbocycles. The highest BCUT2D eigenvalue weighted by Gasteiger charge is 2.29. The Kier molecular flexibility index (Phi) is 4.43. The van der Waals surface area contributed by atoms with Crippen LogP contribution in [0.4, 0.5) is 0 Å². The number of hydrogen-bond acceptors (Lipinski definition) is 3. The summed E-state index contributed by atoms with van der Waals surface area (Å²) in [4.78, 5) is 14.0. The van der Waals surface area contributed by atoms with Gasteiger partial charge in [-0.2, -0.15) is 0 Å². The number of carbonyl (C=O) groups is 1. The molecular weight excluding hydrogens is 242 g/mol. The molecule has 0 radical (unpaired) electrons. The number of rotatable bonds is 4. The molecule has 104 valence electrons. The lowest BCUT2D eigenvalue weighted by atomic mass is 10.1. The summed E-state index contributed by atoms with van der Waals surface area (Å²) < 4.78 is 5.66. The Morgan fingerprint density at radius 2 is 2.16 bits per heavy atom. The lowest BCUT2D eigenvalue weighted by Gasteiger charge is -2.21. The molecule has 1 fully saturated rings. The third kappa shape index (κ3) is 3.47. The lowest BCUT2D eigenvalue weighted by Crippen LogP contribution is -2.39. The van der Waals surface area contributed by atoms with Crippen LogP contribution in [-0.4, -0.2) is 41.7 Å². The molecule has 0 bridgehead atoms. The Hall–Kier alpha value is -1.55. The quantitative estimate of drug-likeness (QED) is 0.897. The molecule has 0 spiro atoms. The van der Waals surface area contributed by atoms with E-state index in [2.05, 4.69) is 0 Å². The first-order valence-corrected chi connectivity index (χ1v) is 6.73. The molecule has 1 heterocycles. The molecule has 2 rings (SSSR count). The van der Waals surface area contributed by atoms with Gasteiger partial charge >= 0.3 is 0 Å². The van der Waals surface area contributed by atoms with Gasteiger partial charge in [0.05, 0.1) is 0 Å². The molecule has 1 aliphatic heterocycles. The molecule has 1 N–H and O–H groups in total. The second-order valence-corrected chi connectivity index (χ2v) is 5.19. The van der Waals surface area contributed by atoms with E-state index in [1.165, 1.54) is 0 Å². The third-order valence-electron chi connectivity index (χ3n) is 3.54. The monoisotopic (exact) mass is 263 g/mol. The van der Waals surface area contributed by atoms with Crippen LogP contribution in [0.3, 0.4) is 0 Å². The van der Waals surface area contributed by atoms with Crippen molar-refractivity contribution in [1.29, 1.82) is 0 Å². The van der Waals surface area contributed by atoms with Crippen LogP contribution in [0.1, 0.15) is 18.9 Å². The van der Waals surface area contributed by atoms with E-state index < -0.39 is 6.10 Å². The zero-order valence-electron chi connectivity index (χ0n) is 11.5. The molecule has 2 unspecified atom stereocenters. The normalized spacial score (nSPS) is 20.4. The number of nitrogens with zero attached hydrogens (tertiary/aromatic N) is 1. The van der Waals surface area contributed by atoms with E-state index >= 15 is 0 Å². The summed E-state index contributed by atoms with van der Waals surface area (Å²) in [5, 5.41) is 9.10. The van der Waals surface area contributed by atoms with Crippen molar-refractivity contribution in [3.63, 3.8) is 0 Å². The van der Waals surface area contributed by atoms with Crippen LogP contribution in [0.25, 0.3) is 0 Å². The first kappa shape index (κ1) is 13.9. The molecule has 1 saturated heterocycles. The zero-order chi connectivity index (χ0) is 13.8. The Labute approximate surface area is 114 Å². The van der Waals surface area contributed by atoms with Crippen molar-refractivity contribution in [1.82, 2.24) is 4.90 Å². The maximum Gasteiger partial charge on any atom is 0.263 e. The van der Waals surface area contributed by atoms with Gasteiger partial charge in [0.2, 0.25) is 0 Å². The number of likely N-dealkylation sites (tertiary alicyclic amines) is 1. The van der Waals surface area contributed by atoms with E-state index in [0.717, 1.165) is 12.0 Å². The summed E-state index contributed by atoms with van der Waals surface area (Å²) in [7, 11) is 0. The Morgan fingerprint density at radius 1 is 1.47 bits per heavy atom. The molecule has 4 heteroatoms. The standard InChI is InChI=1S/C15H21NO3/c1-11-3-5-14(6-4-11)19-12(2)15(18)16-8-7-13(9-16)10-17/h3-6,12-13,17H,7-10H2,1-2H3. The number of benzene rings is 1. The second-order valence-electron chi connectivity index (χ2n) is 5.19. The fourth-order valence-corrected chi connectivity index (χ4v) is 2.31. The molecule has 0 aliphatic carbocycles. The highest BCUT2D eigenvalue weighted by Crippen LogP contribution is 2.19. The molecular formula is C15H21NO3. The van der Waals surface area contributed by atoms with Crippen LogP contribution in [-0.2, 0) is 4.79 Å². The van der Waals surface area contributed by atoms with Gasteiger partial charge in [-0.15, -0.1) is 0 Å². The summed E-state index contributed by atoms with van der Waals surface area (Å²) in [6.07, 6.45) is 0.389. The van der Waals surface area contributed by atoms with Gasteiger partial charge < -0.3 is 14.7 Å². The van der Waals surface area contributed by atoms with Gasteiger partial charge in [0.15, 0.2) is 6.10 Å². The Bertz CT molecular complexity index is 430. The summed E-state index contributed by atoms with van der Waals surface area (Å²) in [6, 6.07) is 7.67. The summed E-state index contributed by atoms with van der Waals surface area (Å²) in [5.41, 5.74) is 1.16. The van der Waals surface area contributed by atoms with Crippen LogP contribution >= 0.6 is 0 Å². The highest BCUT2D eigenvalue weighted by atomic mass is 16.5. The Morgan fingerprint density at radius 3 is 2.74 bits per heavy atom. The van der Waals surface area contributed by atoms with Crippen LogP contribution in [0, 0.1) is 12.8 Å². The third-order valence-corrected chi connectivity index (χ3v) is 3.54. The van der Waals surface area contributed by atoms with Crippen molar-refractivity contribution in [2.75, 3.05) is 19.7 Å². The molecule has 1 aliphatic rings. The summed E-state index contributed by atoms with van der Waals surface area (Å²) in [5.74, 6) is 0.927. The number of ether oxygens (including phenoxy) is 1. The van der Waals surface area contributed by atoms with Crippen molar-refractivity contribution in [3.05, 3.63) is 29.8 Å². The topological polar surface area (TPSA) is 49.8 Å². The van der Waals surface area contributed by atoms with E-state index in [0.29, 0.717) is 18.8 Å². The van der Waals surface area contributed by atoms with Crippen molar-refractivity contribution >= 4 is 5.91 Å². The molecule has 0 saturated carbocycles. The van der Waals surface area contributed by atoms with Crippen LogP contribution in [0.5, 0.6) is 5.75 Å². The molecule has 1 aromatic rings. The molecule has 0 aromatic heterocycles. The van der Waals surface area contributed by atoms with E-state index in [1.807, 2.05) is 31.2 Å². The number of carbonyl (C=O) groups excluding carboxylic acids is 1. The van der Waals surface area contributed by atoms with Gasteiger partial charge in [0.25, 0.3) is 5.91 Å². The van der Waals surface area contributed by atoms with Crippen LogP contribution in [0.15, 0.2) is 24.3 Å². The summed E-state index contributed by atoms with van der Waals surface area (Å²) in [6.45, 7) is 5.28. The van der Waals surface area contributed by atoms with E-state index in [4.69, 9.17) is 9.84 Å². The largest absolute Gasteiger partial charge is 0.481 e. The fourth-order valence-electron chi connectivity index (χ4n) is 2.31. The van der Waals surface area contributed by atoms with E-state index in [-0.39, 0.29) is 18.4 Å². The smallest absolute Gasteiger partial charge is 0.263 e. The summed E-state index contributed by atoms with van der Waals surface area (Å²) >= 11 is 0. The zero-order valence-corrected chi connectivity index (χ0v) is 11.5. The molecule has 19 heavy (non-hydrogen) atoms. The SMILES string of the molecule is Cc1ccc(OC(C)C(=O)N2CCC(CO)C2)cc1. The van der Waals surface area contributed by atoms with Gasteiger partial charge in [0.1, 0.15) is 5.75 Å². The van der Waals surface area contributed by atoms with Gasteiger partial charge in [-0.3, -0.25) is 4.79 Å². The van der Waals surface area contributed by atoms with Gasteiger partial charge in [-0.25, -0.2) is 0 Å².